The summed E-state index contributed by atoms with van der Waals surface area (Å²) in [6.07, 6.45) is 1.18. The summed E-state index contributed by atoms with van der Waals surface area (Å²) < 4.78 is 16.4. The fourth-order valence-electron chi connectivity index (χ4n) is 3.33. The molecule has 0 radical (unpaired) electrons. The van der Waals surface area contributed by atoms with Gasteiger partial charge in [-0.05, 0) is 49.1 Å². The number of nitrogens with two attached hydrogens (primary N) is 1. The van der Waals surface area contributed by atoms with Crippen LogP contribution in [0.15, 0.2) is 59.4 Å². The van der Waals surface area contributed by atoms with Gasteiger partial charge in [0.15, 0.2) is 17.2 Å². The summed E-state index contributed by atoms with van der Waals surface area (Å²) in [5, 5.41) is 23.4. The lowest BCUT2D eigenvalue weighted by Gasteiger charge is -2.33. The van der Waals surface area contributed by atoms with Crippen LogP contribution in [0.25, 0.3) is 5.76 Å². The topological polar surface area (TPSA) is 109 Å². The van der Waals surface area contributed by atoms with Crippen LogP contribution in [0.4, 0.5) is 0 Å². The van der Waals surface area contributed by atoms with Crippen LogP contribution in [0.3, 0.4) is 0 Å². The first-order valence-corrected chi connectivity index (χ1v) is 9.64. The van der Waals surface area contributed by atoms with Crippen molar-refractivity contribution < 1.29 is 29.4 Å². The average molecular weight is 411 g/mol. The number of para-hydroxylation sites is 1. The molecule has 0 fully saturated rings. The lowest BCUT2D eigenvalue weighted by Crippen LogP contribution is -2.32. The number of hydrogen-bond donors (Lipinski definition) is 2. The van der Waals surface area contributed by atoms with E-state index < -0.39 is 0 Å². The maximum Gasteiger partial charge on any atom is 0.231 e. The molecule has 8 heteroatoms. The number of rotatable bonds is 7. The fourth-order valence-corrected chi connectivity index (χ4v) is 3.33. The van der Waals surface area contributed by atoms with Crippen molar-refractivity contribution in [1.82, 2.24) is 5.23 Å². The van der Waals surface area contributed by atoms with Gasteiger partial charge in [-0.3, -0.25) is 5.21 Å². The summed E-state index contributed by atoms with van der Waals surface area (Å²) in [6, 6.07) is 12.4. The van der Waals surface area contributed by atoms with Crippen molar-refractivity contribution in [3.05, 3.63) is 70.6 Å². The molecular formula is C22H23N2O6-. The normalized spacial score (nSPS) is 15.6. The molecule has 0 aliphatic carbocycles. The van der Waals surface area contributed by atoms with Crippen molar-refractivity contribution in [2.24, 2.45) is 5.73 Å². The highest BCUT2D eigenvalue weighted by atomic mass is 16.9. The third kappa shape index (κ3) is 4.00. The smallest absolute Gasteiger partial charge is 0.231 e. The van der Waals surface area contributed by atoms with Gasteiger partial charge in [-0.15, -0.1) is 0 Å². The highest BCUT2D eigenvalue weighted by molar-refractivity contribution is 5.70. The Morgan fingerprint density at radius 3 is 2.83 bits per heavy atom. The van der Waals surface area contributed by atoms with Crippen molar-refractivity contribution >= 4 is 5.76 Å². The number of ether oxygens (including phenoxy) is 3. The second-order valence-corrected chi connectivity index (χ2v) is 7.03. The van der Waals surface area contributed by atoms with Gasteiger partial charge in [0.05, 0.1) is 6.61 Å². The highest BCUT2D eigenvalue weighted by Crippen LogP contribution is 2.35. The maximum atomic E-state index is 12.7. The number of allylic oxidation sites excluding steroid dienone is 2. The lowest BCUT2D eigenvalue weighted by molar-refractivity contribution is -0.283. The number of benzene rings is 2. The molecule has 2 aliphatic heterocycles. The molecule has 0 bridgehead atoms. The molecule has 0 atom stereocenters. The Morgan fingerprint density at radius 1 is 1.17 bits per heavy atom. The van der Waals surface area contributed by atoms with Gasteiger partial charge in [0, 0.05) is 17.9 Å². The molecule has 0 saturated heterocycles. The van der Waals surface area contributed by atoms with E-state index in [0.29, 0.717) is 53.9 Å². The van der Waals surface area contributed by atoms with Crippen LogP contribution in [0.2, 0.25) is 0 Å². The van der Waals surface area contributed by atoms with E-state index in [1.807, 2.05) is 18.2 Å². The van der Waals surface area contributed by atoms with E-state index in [0.717, 1.165) is 17.1 Å². The predicted molar refractivity (Wildman–Crippen MR) is 106 cm³/mol. The molecule has 2 aliphatic rings. The molecule has 0 unspecified atom stereocenters. The monoisotopic (exact) mass is 411 g/mol. The molecule has 2 heterocycles. The van der Waals surface area contributed by atoms with Crippen LogP contribution in [-0.2, 0) is 11.3 Å². The molecule has 158 valence electrons. The molecule has 0 aromatic heterocycles. The number of hydrogen-bond acceptors (Lipinski definition) is 8. The molecule has 30 heavy (non-hydrogen) atoms. The summed E-state index contributed by atoms with van der Waals surface area (Å²) in [5.41, 5.74) is 8.55. The summed E-state index contributed by atoms with van der Waals surface area (Å²) in [4.78, 5) is 5.31. The van der Waals surface area contributed by atoms with Crippen molar-refractivity contribution in [2.75, 3.05) is 13.4 Å². The fraction of sp³-hybridized carbons (Fsp3) is 0.273. The number of fused-ring (bicyclic) bond motifs is 2. The summed E-state index contributed by atoms with van der Waals surface area (Å²) in [7, 11) is 0. The number of hydroxylamine groups is 2. The maximum absolute atomic E-state index is 12.7. The molecule has 0 spiro atoms. The van der Waals surface area contributed by atoms with Gasteiger partial charge in [0.2, 0.25) is 6.79 Å². The Balaban J connectivity index is 1.33. The van der Waals surface area contributed by atoms with E-state index >= 15 is 0 Å². The largest absolute Gasteiger partial charge is 0.870 e. The predicted octanol–water partition coefficient (Wildman–Crippen LogP) is 2.67. The number of nitrogens with zero attached hydrogens (tertiary/aromatic N) is 1. The third-order valence-corrected chi connectivity index (χ3v) is 5.00. The Labute approximate surface area is 174 Å². The third-order valence-electron chi connectivity index (χ3n) is 5.00. The molecule has 2 aromatic rings. The van der Waals surface area contributed by atoms with Gasteiger partial charge < -0.3 is 29.9 Å². The minimum absolute atomic E-state index is 0.0208. The Bertz CT molecular complexity index is 1000. The van der Waals surface area contributed by atoms with Crippen LogP contribution in [-0.4, -0.2) is 23.8 Å². The van der Waals surface area contributed by atoms with Crippen LogP contribution in [0, 0.1) is 0 Å². The molecule has 8 nitrogen and oxygen atoms in total. The molecule has 2 aromatic carbocycles. The Kier molecular flexibility index (Phi) is 5.69. The first-order valence-electron chi connectivity index (χ1n) is 9.64. The van der Waals surface area contributed by atoms with Gasteiger partial charge in [0.1, 0.15) is 5.70 Å². The van der Waals surface area contributed by atoms with Crippen molar-refractivity contribution in [3.8, 4) is 17.2 Å². The second kappa shape index (κ2) is 8.56. The van der Waals surface area contributed by atoms with Gasteiger partial charge in [0.25, 0.3) is 0 Å². The van der Waals surface area contributed by atoms with Gasteiger partial charge in [-0.1, -0.05) is 35.3 Å². The van der Waals surface area contributed by atoms with Crippen LogP contribution < -0.4 is 25.2 Å². The van der Waals surface area contributed by atoms with Crippen LogP contribution in [0.5, 0.6) is 17.2 Å². The zero-order valence-corrected chi connectivity index (χ0v) is 16.6. The molecular weight excluding hydrogens is 388 g/mol. The molecule has 0 saturated carbocycles. The Hall–Kier alpha value is -3.36. The van der Waals surface area contributed by atoms with E-state index in [9.17, 15) is 10.3 Å². The van der Waals surface area contributed by atoms with Gasteiger partial charge in [-0.25, -0.2) is 0 Å². The average Bonchev–Trinajstić information content (AvgIpc) is 3.21. The Morgan fingerprint density at radius 2 is 1.97 bits per heavy atom. The zero-order chi connectivity index (χ0) is 21.1. The van der Waals surface area contributed by atoms with Crippen molar-refractivity contribution in [1.29, 1.82) is 0 Å². The first kappa shape index (κ1) is 19.9. The van der Waals surface area contributed by atoms with Crippen molar-refractivity contribution in [2.45, 2.75) is 26.4 Å². The molecule has 3 N–H and O–H groups in total. The quantitative estimate of drug-likeness (QED) is 0.670. The second-order valence-electron chi connectivity index (χ2n) is 7.03. The van der Waals surface area contributed by atoms with E-state index in [1.165, 1.54) is 0 Å². The minimum atomic E-state index is -0.334. The lowest BCUT2D eigenvalue weighted by atomic mass is 10.0. The first-order chi connectivity index (χ1) is 14.5. The minimum Gasteiger partial charge on any atom is -0.870 e. The molecule has 0 amide bonds. The summed E-state index contributed by atoms with van der Waals surface area (Å²) >= 11 is 0. The standard InChI is InChI=1S/C22H24N2O6/c1-14(21-22(25)16-5-2-3-7-18(16)30-24(21)26)17(23)6-4-10-27-12-15-8-9-19-20(11-15)29-13-28-19/h2-3,5,7-9,11,25-26H,4,6,10,12-13,23H2,1H3/p-1/b17-14-. The van der Waals surface area contributed by atoms with Crippen molar-refractivity contribution in [3.63, 3.8) is 0 Å². The van der Waals surface area contributed by atoms with Gasteiger partial charge >= 0.3 is 0 Å². The zero-order valence-electron chi connectivity index (χ0n) is 16.6. The van der Waals surface area contributed by atoms with Crippen LogP contribution in [0.1, 0.15) is 30.9 Å². The van der Waals surface area contributed by atoms with E-state index in [2.05, 4.69) is 0 Å². The SMILES string of the molecule is C/C(C1=C([O-])c2ccccc2ON1O)=C(/N)CCCOCc1ccc2c(c1)OCO2. The van der Waals surface area contributed by atoms with Gasteiger partial charge in [-0.2, -0.15) is 0 Å². The van der Waals surface area contributed by atoms with E-state index in [-0.39, 0.29) is 18.2 Å². The molecule has 4 rings (SSSR count). The van der Waals surface area contributed by atoms with E-state index in [4.69, 9.17) is 24.8 Å². The summed E-state index contributed by atoms with van der Waals surface area (Å²) in [6.45, 7) is 2.88. The summed E-state index contributed by atoms with van der Waals surface area (Å²) in [5.74, 6) is 1.44. The highest BCUT2D eigenvalue weighted by Gasteiger charge is 2.23. The van der Waals surface area contributed by atoms with Crippen LogP contribution >= 0.6 is 0 Å². The van der Waals surface area contributed by atoms with E-state index in [1.54, 1.807) is 31.2 Å².